The highest BCUT2D eigenvalue weighted by Crippen LogP contribution is 2.26. The predicted molar refractivity (Wildman–Crippen MR) is 57.6 cm³/mol. The molecule has 1 aromatic rings. The summed E-state index contributed by atoms with van der Waals surface area (Å²) >= 11 is 0. The first kappa shape index (κ1) is 9.25. The van der Waals surface area contributed by atoms with Crippen molar-refractivity contribution in [1.29, 1.82) is 0 Å². The Bertz CT molecular complexity index is 371. The van der Waals surface area contributed by atoms with Crippen LogP contribution in [0.15, 0.2) is 18.2 Å². The van der Waals surface area contributed by atoms with Crippen LogP contribution < -0.4 is 4.90 Å². The van der Waals surface area contributed by atoms with Gasteiger partial charge < -0.3 is 4.90 Å². The highest BCUT2D eigenvalue weighted by Gasteiger charge is 2.13. The Morgan fingerprint density at radius 1 is 1.29 bits per heavy atom. The fourth-order valence-corrected chi connectivity index (χ4v) is 1.95. The Balaban J connectivity index is 2.33. The van der Waals surface area contributed by atoms with E-state index in [2.05, 4.69) is 12.1 Å². The second kappa shape index (κ2) is 3.45. The van der Waals surface area contributed by atoms with Crippen molar-refractivity contribution >= 4 is 11.6 Å². The third-order valence-electron chi connectivity index (χ3n) is 2.94. The Labute approximate surface area is 84.5 Å². The predicted octanol–water partition coefficient (Wildman–Crippen LogP) is 2.16. The van der Waals surface area contributed by atoms with Gasteiger partial charge in [0.25, 0.3) is 0 Å². The van der Waals surface area contributed by atoms with E-state index < -0.39 is 0 Å². The number of hydrogen-bond donors (Lipinski definition) is 0. The van der Waals surface area contributed by atoms with E-state index in [1.807, 2.05) is 13.1 Å². The first-order chi connectivity index (χ1) is 6.68. The lowest BCUT2D eigenvalue weighted by molar-refractivity contribution is -0.116. The standard InChI is InChI=1S/C12H15NO/c1-9(14)13(2)12-7-6-10-4-3-5-11(10)8-12/h6-8H,3-5H2,1-2H3. The molecule has 0 radical (unpaired) electrons. The average Bonchev–Trinajstić information content (AvgIpc) is 2.62. The lowest BCUT2D eigenvalue weighted by atomic mass is 10.1. The number of hydrogen-bond acceptors (Lipinski definition) is 1. The number of nitrogens with zero attached hydrogens (tertiary/aromatic N) is 1. The minimum Gasteiger partial charge on any atom is -0.316 e. The molecule has 2 rings (SSSR count). The van der Waals surface area contributed by atoms with Crippen molar-refractivity contribution in [3.63, 3.8) is 0 Å². The molecule has 1 aliphatic carbocycles. The SMILES string of the molecule is CC(=O)N(C)c1ccc2c(c1)CCC2. The maximum absolute atomic E-state index is 11.2. The minimum absolute atomic E-state index is 0.0861. The van der Waals surface area contributed by atoms with Crippen LogP contribution in [-0.4, -0.2) is 13.0 Å². The first-order valence-electron chi connectivity index (χ1n) is 5.04. The van der Waals surface area contributed by atoms with Gasteiger partial charge in [0.1, 0.15) is 0 Å². The van der Waals surface area contributed by atoms with Gasteiger partial charge >= 0.3 is 0 Å². The summed E-state index contributed by atoms with van der Waals surface area (Å²) in [4.78, 5) is 12.9. The van der Waals surface area contributed by atoms with Crippen LogP contribution >= 0.6 is 0 Å². The second-order valence-electron chi connectivity index (χ2n) is 3.88. The number of benzene rings is 1. The molecule has 0 aromatic heterocycles. The van der Waals surface area contributed by atoms with Crippen LogP contribution in [0, 0.1) is 0 Å². The maximum Gasteiger partial charge on any atom is 0.223 e. The van der Waals surface area contributed by atoms with Crippen LogP contribution in [0.25, 0.3) is 0 Å². The summed E-state index contributed by atoms with van der Waals surface area (Å²) in [6.07, 6.45) is 3.61. The monoisotopic (exact) mass is 189 g/mol. The Morgan fingerprint density at radius 3 is 2.71 bits per heavy atom. The van der Waals surface area contributed by atoms with Crippen molar-refractivity contribution in [2.24, 2.45) is 0 Å². The van der Waals surface area contributed by atoms with Crippen LogP contribution in [0.1, 0.15) is 24.5 Å². The van der Waals surface area contributed by atoms with E-state index in [4.69, 9.17) is 0 Å². The van der Waals surface area contributed by atoms with Crippen LogP contribution in [0.5, 0.6) is 0 Å². The summed E-state index contributed by atoms with van der Waals surface area (Å²) in [6.45, 7) is 1.59. The molecule has 1 aromatic carbocycles. The van der Waals surface area contributed by atoms with Gasteiger partial charge in [0.2, 0.25) is 5.91 Å². The molecule has 0 atom stereocenters. The number of aryl methyl sites for hydroxylation is 2. The summed E-state index contributed by atoms with van der Waals surface area (Å²) in [5.41, 5.74) is 3.87. The Morgan fingerprint density at radius 2 is 2.00 bits per heavy atom. The summed E-state index contributed by atoms with van der Waals surface area (Å²) in [7, 11) is 1.82. The van der Waals surface area contributed by atoms with E-state index in [9.17, 15) is 4.79 Å². The molecule has 0 bridgehead atoms. The molecule has 0 N–H and O–H groups in total. The molecular weight excluding hydrogens is 174 g/mol. The smallest absolute Gasteiger partial charge is 0.223 e. The highest BCUT2D eigenvalue weighted by molar-refractivity contribution is 5.90. The molecule has 2 heteroatoms. The molecule has 0 fully saturated rings. The van der Waals surface area contributed by atoms with E-state index >= 15 is 0 Å². The average molecular weight is 189 g/mol. The van der Waals surface area contributed by atoms with Crippen molar-refractivity contribution in [3.05, 3.63) is 29.3 Å². The summed E-state index contributed by atoms with van der Waals surface area (Å²) in [6, 6.07) is 6.33. The molecular formula is C12H15NO. The molecule has 0 saturated heterocycles. The van der Waals surface area contributed by atoms with Gasteiger partial charge in [0.05, 0.1) is 0 Å². The van der Waals surface area contributed by atoms with Gasteiger partial charge in [-0.25, -0.2) is 0 Å². The van der Waals surface area contributed by atoms with Crippen molar-refractivity contribution < 1.29 is 4.79 Å². The van der Waals surface area contributed by atoms with Gasteiger partial charge in [-0.3, -0.25) is 4.79 Å². The topological polar surface area (TPSA) is 20.3 Å². The van der Waals surface area contributed by atoms with Crippen molar-refractivity contribution in [2.75, 3.05) is 11.9 Å². The molecule has 14 heavy (non-hydrogen) atoms. The molecule has 0 aliphatic heterocycles. The van der Waals surface area contributed by atoms with Crippen LogP contribution in [0.2, 0.25) is 0 Å². The third-order valence-corrected chi connectivity index (χ3v) is 2.94. The van der Waals surface area contributed by atoms with Crippen LogP contribution in [0.4, 0.5) is 5.69 Å². The zero-order valence-electron chi connectivity index (χ0n) is 8.71. The van der Waals surface area contributed by atoms with E-state index in [0.717, 1.165) is 12.1 Å². The number of carbonyl (C=O) groups excluding carboxylic acids is 1. The van der Waals surface area contributed by atoms with E-state index in [-0.39, 0.29) is 5.91 Å². The van der Waals surface area contributed by atoms with Gasteiger partial charge in [-0.1, -0.05) is 6.07 Å². The van der Waals surface area contributed by atoms with E-state index in [0.29, 0.717) is 0 Å². The second-order valence-corrected chi connectivity index (χ2v) is 3.88. The van der Waals surface area contributed by atoms with Crippen molar-refractivity contribution in [2.45, 2.75) is 26.2 Å². The molecule has 0 heterocycles. The molecule has 0 unspecified atom stereocenters. The largest absolute Gasteiger partial charge is 0.316 e. The zero-order valence-corrected chi connectivity index (χ0v) is 8.71. The molecule has 1 aliphatic rings. The Hall–Kier alpha value is -1.31. The van der Waals surface area contributed by atoms with Crippen molar-refractivity contribution in [3.8, 4) is 0 Å². The first-order valence-corrected chi connectivity index (χ1v) is 5.04. The van der Waals surface area contributed by atoms with Crippen LogP contribution in [-0.2, 0) is 17.6 Å². The maximum atomic E-state index is 11.2. The zero-order chi connectivity index (χ0) is 10.1. The fraction of sp³-hybridized carbons (Fsp3) is 0.417. The fourth-order valence-electron chi connectivity index (χ4n) is 1.95. The molecule has 0 spiro atoms. The third kappa shape index (κ3) is 1.52. The van der Waals surface area contributed by atoms with Crippen LogP contribution in [0.3, 0.4) is 0 Å². The summed E-state index contributed by atoms with van der Waals surface area (Å²) < 4.78 is 0. The van der Waals surface area contributed by atoms with E-state index in [1.54, 1.807) is 11.8 Å². The lowest BCUT2D eigenvalue weighted by Gasteiger charge is -2.15. The lowest BCUT2D eigenvalue weighted by Crippen LogP contribution is -2.22. The number of carbonyl (C=O) groups is 1. The molecule has 2 nitrogen and oxygen atoms in total. The van der Waals surface area contributed by atoms with Gasteiger partial charge in [-0.15, -0.1) is 0 Å². The minimum atomic E-state index is 0.0861. The quantitative estimate of drug-likeness (QED) is 0.663. The van der Waals surface area contributed by atoms with Gasteiger partial charge in [0.15, 0.2) is 0 Å². The molecule has 1 amide bonds. The van der Waals surface area contributed by atoms with E-state index in [1.165, 1.54) is 24.0 Å². The number of anilines is 1. The Kier molecular flexibility index (Phi) is 2.28. The van der Waals surface area contributed by atoms with Gasteiger partial charge in [-0.2, -0.15) is 0 Å². The highest BCUT2D eigenvalue weighted by atomic mass is 16.2. The van der Waals surface area contributed by atoms with Gasteiger partial charge in [0, 0.05) is 19.7 Å². The number of amides is 1. The molecule has 0 saturated carbocycles. The number of rotatable bonds is 1. The summed E-state index contributed by atoms with van der Waals surface area (Å²) in [5.74, 6) is 0.0861. The molecule has 74 valence electrons. The summed E-state index contributed by atoms with van der Waals surface area (Å²) in [5, 5.41) is 0. The normalized spacial score (nSPS) is 13.9. The number of fused-ring (bicyclic) bond motifs is 1. The van der Waals surface area contributed by atoms with Crippen molar-refractivity contribution in [1.82, 2.24) is 0 Å². The van der Waals surface area contributed by atoms with Gasteiger partial charge in [-0.05, 0) is 42.5 Å².